The molecule has 0 amide bonds. The highest BCUT2D eigenvalue weighted by atomic mass is 35.5. The standard InChI is InChI=1S/C13H19N3O2.ClH/c14-16(10-11-4-2-1-3-5-11)18-13(17)12-6-8-15-9-7-12;/h1-5,12,15H,6-10,14H2;1H. The van der Waals surface area contributed by atoms with Gasteiger partial charge in [-0.2, -0.15) is 0 Å². The van der Waals surface area contributed by atoms with Gasteiger partial charge >= 0.3 is 5.97 Å². The number of carbonyl (C=O) groups is 1. The Labute approximate surface area is 119 Å². The number of nitrogens with zero attached hydrogens (tertiary/aromatic N) is 1. The van der Waals surface area contributed by atoms with Crippen LogP contribution >= 0.6 is 12.4 Å². The lowest BCUT2D eigenvalue weighted by molar-refractivity contribution is -0.201. The Bertz CT molecular complexity index is 383. The number of halogens is 1. The number of hydrogen-bond donors (Lipinski definition) is 2. The van der Waals surface area contributed by atoms with E-state index in [-0.39, 0.29) is 24.3 Å². The van der Waals surface area contributed by atoms with Crippen LogP contribution in [0.4, 0.5) is 0 Å². The van der Waals surface area contributed by atoms with Crippen molar-refractivity contribution >= 4 is 18.4 Å². The second-order valence-electron chi connectivity index (χ2n) is 4.50. The Morgan fingerprint density at radius 3 is 2.58 bits per heavy atom. The lowest BCUT2D eigenvalue weighted by Gasteiger charge is -2.23. The summed E-state index contributed by atoms with van der Waals surface area (Å²) in [6, 6.07) is 9.68. The fourth-order valence-electron chi connectivity index (χ4n) is 2.04. The average molecular weight is 286 g/mol. The molecule has 0 atom stereocenters. The summed E-state index contributed by atoms with van der Waals surface area (Å²) in [5, 5.41) is 4.32. The van der Waals surface area contributed by atoms with Crippen molar-refractivity contribution in [2.24, 2.45) is 11.8 Å². The molecule has 0 aliphatic carbocycles. The van der Waals surface area contributed by atoms with Crippen molar-refractivity contribution in [3.05, 3.63) is 35.9 Å². The van der Waals surface area contributed by atoms with Gasteiger partial charge in [-0.3, -0.25) is 0 Å². The summed E-state index contributed by atoms with van der Waals surface area (Å²) in [6.45, 7) is 2.13. The van der Waals surface area contributed by atoms with Gasteiger partial charge in [-0.15, -0.1) is 12.4 Å². The van der Waals surface area contributed by atoms with E-state index in [0.29, 0.717) is 6.54 Å². The van der Waals surface area contributed by atoms with Crippen molar-refractivity contribution in [3.63, 3.8) is 0 Å². The highest BCUT2D eigenvalue weighted by Crippen LogP contribution is 2.14. The van der Waals surface area contributed by atoms with Crippen molar-refractivity contribution in [1.29, 1.82) is 0 Å². The number of rotatable bonds is 4. The molecule has 0 spiro atoms. The van der Waals surface area contributed by atoms with E-state index in [1.807, 2.05) is 30.3 Å². The molecule has 1 saturated heterocycles. The monoisotopic (exact) mass is 285 g/mol. The number of hydroxylamine groups is 1. The van der Waals surface area contributed by atoms with Gasteiger partial charge in [0.1, 0.15) is 0 Å². The molecule has 0 bridgehead atoms. The first-order valence-electron chi connectivity index (χ1n) is 6.24. The Kier molecular flexibility index (Phi) is 6.80. The van der Waals surface area contributed by atoms with Gasteiger partial charge in [0.25, 0.3) is 0 Å². The molecule has 106 valence electrons. The summed E-state index contributed by atoms with van der Waals surface area (Å²) >= 11 is 0. The third kappa shape index (κ3) is 5.16. The van der Waals surface area contributed by atoms with Crippen LogP contribution in [0.25, 0.3) is 0 Å². The largest absolute Gasteiger partial charge is 0.353 e. The molecule has 0 radical (unpaired) electrons. The van der Waals surface area contributed by atoms with Crippen LogP contribution in [-0.2, 0) is 16.2 Å². The number of hydrogen-bond acceptors (Lipinski definition) is 5. The normalized spacial score (nSPS) is 15.9. The van der Waals surface area contributed by atoms with Crippen LogP contribution in [0.3, 0.4) is 0 Å². The number of hydrazine groups is 1. The summed E-state index contributed by atoms with van der Waals surface area (Å²) in [7, 11) is 0. The van der Waals surface area contributed by atoms with Crippen LogP contribution in [0.15, 0.2) is 30.3 Å². The molecule has 2 rings (SSSR count). The number of benzene rings is 1. The first-order chi connectivity index (χ1) is 8.75. The Balaban J connectivity index is 0.00000180. The minimum Gasteiger partial charge on any atom is -0.353 e. The molecule has 3 N–H and O–H groups in total. The molecule has 1 aromatic carbocycles. The van der Waals surface area contributed by atoms with Gasteiger partial charge < -0.3 is 10.2 Å². The lowest BCUT2D eigenvalue weighted by Crippen LogP contribution is -2.39. The molecule has 0 unspecified atom stereocenters. The third-order valence-corrected chi connectivity index (χ3v) is 3.06. The van der Waals surface area contributed by atoms with E-state index in [2.05, 4.69) is 5.32 Å². The lowest BCUT2D eigenvalue weighted by atomic mass is 9.99. The fraction of sp³-hybridized carbons (Fsp3) is 0.462. The SMILES string of the molecule is Cl.NN(Cc1ccccc1)OC(=O)C1CCNCC1. The van der Waals surface area contributed by atoms with Crippen molar-refractivity contribution in [2.75, 3.05) is 13.1 Å². The van der Waals surface area contributed by atoms with Crippen molar-refractivity contribution < 1.29 is 9.63 Å². The van der Waals surface area contributed by atoms with Gasteiger partial charge in [-0.25, -0.2) is 10.6 Å². The molecular weight excluding hydrogens is 266 g/mol. The summed E-state index contributed by atoms with van der Waals surface area (Å²) in [4.78, 5) is 17.0. The van der Waals surface area contributed by atoms with E-state index in [1.54, 1.807) is 0 Å². The van der Waals surface area contributed by atoms with Crippen LogP contribution in [-0.4, -0.2) is 24.2 Å². The summed E-state index contributed by atoms with van der Waals surface area (Å²) in [5.41, 5.74) is 1.01. The van der Waals surface area contributed by atoms with Gasteiger partial charge in [0.15, 0.2) is 0 Å². The predicted molar refractivity (Wildman–Crippen MR) is 75.1 cm³/mol. The molecular formula is C13H20ClN3O2. The topological polar surface area (TPSA) is 67.6 Å². The predicted octanol–water partition coefficient (Wildman–Crippen LogP) is 1.24. The molecule has 1 aliphatic heterocycles. The van der Waals surface area contributed by atoms with Crippen molar-refractivity contribution in [1.82, 2.24) is 10.5 Å². The zero-order valence-electron chi connectivity index (χ0n) is 10.7. The van der Waals surface area contributed by atoms with E-state index >= 15 is 0 Å². The van der Waals surface area contributed by atoms with Gasteiger partial charge in [-0.1, -0.05) is 35.5 Å². The second-order valence-corrected chi connectivity index (χ2v) is 4.50. The molecule has 1 fully saturated rings. The van der Waals surface area contributed by atoms with Gasteiger partial charge in [-0.05, 0) is 31.5 Å². The van der Waals surface area contributed by atoms with E-state index < -0.39 is 0 Å². The Morgan fingerprint density at radius 2 is 1.95 bits per heavy atom. The van der Waals surface area contributed by atoms with Crippen molar-refractivity contribution in [3.8, 4) is 0 Å². The minimum atomic E-state index is -0.227. The molecule has 1 aliphatic rings. The number of carbonyl (C=O) groups excluding carboxylic acids is 1. The molecule has 1 heterocycles. The molecule has 5 nitrogen and oxygen atoms in total. The van der Waals surface area contributed by atoms with Crippen LogP contribution < -0.4 is 11.2 Å². The van der Waals surface area contributed by atoms with Crippen LogP contribution in [0, 0.1) is 5.92 Å². The van der Waals surface area contributed by atoms with E-state index in [4.69, 9.17) is 10.7 Å². The van der Waals surface area contributed by atoms with Crippen molar-refractivity contribution in [2.45, 2.75) is 19.4 Å². The van der Waals surface area contributed by atoms with Crippen LogP contribution in [0.1, 0.15) is 18.4 Å². The Morgan fingerprint density at radius 1 is 1.32 bits per heavy atom. The van der Waals surface area contributed by atoms with E-state index in [1.165, 1.54) is 0 Å². The van der Waals surface area contributed by atoms with Gasteiger partial charge in [0, 0.05) is 0 Å². The number of nitrogens with two attached hydrogens (primary N) is 1. The van der Waals surface area contributed by atoms with Crippen LogP contribution in [0.2, 0.25) is 0 Å². The number of piperidine rings is 1. The van der Waals surface area contributed by atoms with E-state index in [0.717, 1.165) is 36.7 Å². The zero-order chi connectivity index (χ0) is 12.8. The summed E-state index contributed by atoms with van der Waals surface area (Å²) in [6.07, 6.45) is 1.63. The molecule has 6 heteroatoms. The molecule has 19 heavy (non-hydrogen) atoms. The minimum absolute atomic E-state index is 0. The van der Waals surface area contributed by atoms with E-state index in [9.17, 15) is 4.79 Å². The summed E-state index contributed by atoms with van der Waals surface area (Å²) in [5.74, 6) is 5.43. The third-order valence-electron chi connectivity index (χ3n) is 3.06. The molecule has 0 saturated carbocycles. The zero-order valence-corrected chi connectivity index (χ0v) is 11.6. The highest BCUT2D eigenvalue weighted by molar-refractivity contribution is 5.85. The second kappa shape index (κ2) is 8.12. The first-order valence-corrected chi connectivity index (χ1v) is 6.24. The van der Waals surface area contributed by atoms with Gasteiger partial charge in [0.05, 0.1) is 12.5 Å². The molecule has 0 aromatic heterocycles. The Hall–Kier alpha value is -1.14. The number of nitrogens with one attached hydrogen (secondary N) is 1. The quantitative estimate of drug-likeness (QED) is 0.644. The summed E-state index contributed by atoms with van der Waals surface area (Å²) < 4.78 is 0. The first kappa shape index (κ1) is 15.9. The average Bonchev–Trinajstić information content (AvgIpc) is 2.40. The smallest absolute Gasteiger partial charge is 0.330 e. The maximum Gasteiger partial charge on any atom is 0.330 e. The maximum atomic E-state index is 11.8. The van der Waals surface area contributed by atoms with Gasteiger partial charge in [0.2, 0.25) is 0 Å². The maximum absolute atomic E-state index is 11.8. The van der Waals surface area contributed by atoms with Crippen LogP contribution in [0.5, 0.6) is 0 Å². The molecule has 1 aromatic rings. The highest BCUT2D eigenvalue weighted by Gasteiger charge is 2.23. The fourth-order valence-corrected chi connectivity index (χ4v) is 2.04.